The van der Waals surface area contributed by atoms with Gasteiger partial charge in [0.2, 0.25) is 0 Å². The molecule has 50 heavy (non-hydrogen) atoms. The third-order valence-corrected chi connectivity index (χ3v) is 9.63. The average molecular weight is 640 g/mol. The Morgan fingerprint density at radius 1 is 0.400 bits per heavy atom. The fourth-order valence-electron chi connectivity index (χ4n) is 7.34. The van der Waals surface area contributed by atoms with Gasteiger partial charge in [-0.25, -0.2) is 9.97 Å². The minimum atomic E-state index is 0.680. The van der Waals surface area contributed by atoms with E-state index in [2.05, 4.69) is 150 Å². The largest absolute Gasteiger partial charge is 0.455 e. The van der Waals surface area contributed by atoms with E-state index in [0.717, 1.165) is 77.9 Å². The monoisotopic (exact) mass is 639 g/mol. The quantitative estimate of drug-likeness (QED) is 0.188. The number of para-hydroxylation sites is 5. The summed E-state index contributed by atoms with van der Waals surface area (Å²) in [7, 11) is 0. The number of benzene rings is 7. The zero-order chi connectivity index (χ0) is 33.0. The fraction of sp³-hybridized carbons (Fsp3) is 0. The Labute approximate surface area is 288 Å². The SMILES string of the molecule is c1ccc(-c2nc(-c3cccc(-c4cccc5c4oc4ccccc45)c3)cc(-c3ccccc3-n3c4ccccc4c4ccccc43)n2)cc1. The van der Waals surface area contributed by atoms with E-state index in [1.165, 1.54) is 10.8 Å². The Kier molecular flexibility index (Phi) is 6.46. The van der Waals surface area contributed by atoms with Crippen LogP contribution in [0.1, 0.15) is 0 Å². The van der Waals surface area contributed by atoms with Gasteiger partial charge in [0.15, 0.2) is 5.82 Å². The van der Waals surface area contributed by atoms with Crippen molar-refractivity contribution in [3.63, 3.8) is 0 Å². The highest BCUT2D eigenvalue weighted by molar-refractivity contribution is 6.10. The number of rotatable bonds is 5. The molecular weight excluding hydrogens is 611 g/mol. The zero-order valence-corrected chi connectivity index (χ0v) is 27.0. The molecule has 0 aliphatic heterocycles. The lowest BCUT2D eigenvalue weighted by molar-refractivity contribution is 0.670. The smallest absolute Gasteiger partial charge is 0.160 e. The molecule has 0 aliphatic rings. The van der Waals surface area contributed by atoms with Crippen LogP contribution >= 0.6 is 0 Å². The summed E-state index contributed by atoms with van der Waals surface area (Å²) in [4.78, 5) is 10.4. The van der Waals surface area contributed by atoms with E-state index in [0.29, 0.717) is 5.82 Å². The lowest BCUT2D eigenvalue weighted by Crippen LogP contribution is -2.00. The van der Waals surface area contributed by atoms with Crippen LogP contribution < -0.4 is 0 Å². The van der Waals surface area contributed by atoms with Crippen molar-refractivity contribution in [3.8, 4) is 50.7 Å². The normalized spacial score (nSPS) is 11.6. The molecule has 0 fully saturated rings. The number of furan rings is 1. The molecule has 0 saturated carbocycles. The van der Waals surface area contributed by atoms with E-state index >= 15 is 0 Å². The van der Waals surface area contributed by atoms with Crippen molar-refractivity contribution in [2.24, 2.45) is 0 Å². The van der Waals surface area contributed by atoms with Crippen molar-refractivity contribution in [2.75, 3.05) is 0 Å². The molecule has 4 nitrogen and oxygen atoms in total. The maximum Gasteiger partial charge on any atom is 0.160 e. The van der Waals surface area contributed by atoms with E-state index in [9.17, 15) is 0 Å². The summed E-state index contributed by atoms with van der Waals surface area (Å²) in [5.41, 5.74) is 12.0. The minimum absolute atomic E-state index is 0.680. The summed E-state index contributed by atoms with van der Waals surface area (Å²) < 4.78 is 8.78. The standard InChI is InChI=1S/C46H29N3O/c1-2-14-30(15-3-1)46-47-39(32-17-12-16-31(28-32)33-22-13-23-37-36-20-7-11-27-44(36)50-45(33)37)29-40(48-46)38-21-6-10-26-43(38)49-41-24-8-4-18-34(41)35-19-5-9-25-42(35)49/h1-29H. The van der Waals surface area contributed by atoms with Crippen LogP contribution in [0, 0.1) is 0 Å². The summed E-state index contributed by atoms with van der Waals surface area (Å²) in [6.07, 6.45) is 0. The lowest BCUT2D eigenvalue weighted by atomic mass is 9.98. The Hall–Kier alpha value is -6.78. The van der Waals surface area contributed by atoms with E-state index in [1.54, 1.807) is 0 Å². The molecule has 0 radical (unpaired) electrons. The summed E-state index contributed by atoms with van der Waals surface area (Å²) >= 11 is 0. The van der Waals surface area contributed by atoms with E-state index in [-0.39, 0.29) is 0 Å². The van der Waals surface area contributed by atoms with Crippen LogP contribution in [-0.4, -0.2) is 14.5 Å². The third-order valence-electron chi connectivity index (χ3n) is 9.63. The van der Waals surface area contributed by atoms with Crippen LogP contribution in [0.4, 0.5) is 0 Å². The summed E-state index contributed by atoms with van der Waals surface area (Å²) in [5.74, 6) is 0.680. The highest BCUT2D eigenvalue weighted by Crippen LogP contribution is 2.39. The molecule has 0 spiro atoms. The molecule has 0 amide bonds. The van der Waals surface area contributed by atoms with Crippen molar-refractivity contribution in [1.29, 1.82) is 0 Å². The Morgan fingerprint density at radius 2 is 0.980 bits per heavy atom. The van der Waals surface area contributed by atoms with Gasteiger partial charge in [0.05, 0.1) is 28.1 Å². The maximum absolute atomic E-state index is 6.42. The number of nitrogens with zero attached hydrogens (tertiary/aromatic N) is 3. The molecule has 0 N–H and O–H groups in total. The van der Waals surface area contributed by atoms with Crippen LogP contribution in [-0.2, 0) is 0 Å². The predicted octanol–water partition coefficient (Wildman–Crippen LogP) is 12.1. The molecule has 7 aromatic carbocycles. The first kappa shape index (κ1) is 28.3. The first-order valence-corrected chi connectivity index (χ1v) is 16.8. The molecule has 0 aliphatic carbocycles. The van der Waals surface area contributed by atoms with Gasteiger partial charge in [-0.3, -0.25) is 0 Å². The van der Waals surface area contributed by atoms with Gasteiger partial charge in [-0.2, -0.15) is 0 Å². The second kappa shape index (κ2) is 11.4. The Morgan fingerprint density at radius 3 is 1.80 bits per heavy atom. The fourth-order valence-corrected chi connectivity index (χ4v) is 7.34. The van der Waals surface area contributed by atoms with Crippen LogP contribution in [0.5, 0.6) is 0 Å². The molecule has 3 aromatic heterocycles. The lowest BCUT2D eigenvalue weighted by Gasteiger charge is -2.15. The van der Waals surface area contributed by atoms with Gasteiger partial charge < -0.3 is 8.98 Å². The van der Waals surface area contributed by atoms with E-state index < -0.39 is 0 Å². The van der Waals surface area contributed by atoms with Gasteiger partial charge in [0, 0.05) is 43.8 Å². The molecule has 0 saturated heterocycles. The highest BCUT2D eigenvalue weighted by Gasteiger charge is 2.19. The van der Waals surface area contributed by atoms with Crippen molar-refractivity contribution in [1.82, 2.24) is 14.5 Å². The highest BCUT2D eigenvalue weighted by atomic mass is 16.3. The van der Waals surface area contributed by atoms with Gasteiger partial charge in [-0.05, 0) is 42.0 Å². The van der Waals surface area contributed by atoms with E-state index in [4.69, 9.17) is 14.4 Å². The second-order valence-electron chi connectivity index (χ2n) is 12.6. The van der Waals surface area contributed by atoms with Crippen LogP contribution in [0.15, 0.2) is 180 Å². The maximum atomic E-state index is 6.42. The second-order valence-corrected chi connectivity index (χ2v) is 12.6. The van der Waals surface area contributed by atoms with Crippen LogP contribution in [0.25, 0.3) is 94.5 Å². The Balaban J connectivity index is 1.18. The van der Waals surface area contributed by atoms with Crippen LogP contribution in [0.3, 0.4) is 0 Å². The number of fused-ring (bicyclic) bond motifs is 6. The topological polar surface area (TPSA) is 43.9 Å². The Bertz CT molecular complexity index is 2830. The van der Waals surface area contributed by atoms with Gasteiger partial charge in [0.1, 0.15) is 11.2 Å². The predicted molar refractivity (Wildman–Crippen MR) is 205 cm³/mol. The molecular formula is C46H29N3O. The number of hydrogen-bond acceptors (Lipinski definition) is 3. The summed E-state index contributed by atoms with van der Waals surface area (Å²) in [6.45, 7) is 0. The number of aromatic nitrogens is 3. The minimum Gasteiger partial charge on any atom is -0.455 e. The molecule has 234 valence electrons. The molecule has 10 rings (SSSR count). The summed E-state index contributed by atoms with van der Waals surface area (Å²) in [6, 6.07) is 61.3. The van der Waals surface area contributed by atoms with Crippen molar-refractivity contribution in [2.45, 2.75) is 0 Å². The van der Waals surface area contributed by atoms with Crippen molar-refractivity contribution in [3.05, 3.63) is 176 Å². The van der Waals surface area contributed by atoms with Gasteiger partial charge >= 0.3 is 0 Å². The first-order chi connectivity index (χ1) is 24.8. The average Bonchev–Trinajstić information content (AvgIpc) is 3.74. The van der Waals surface area contributed by atoms with Crippen molar-refractivity contribution < 1.29 is 4.42 Å². The molecule has 0 bridgehead atoms. The summed E-state index contributed by atoms with van der Waals surface area (Å²) in [5, 5.41) is 4.68. The first-order valence-electron chi connectivity index (χ1n) is 16.8. The van der Waals surface area contributed by atoms with Gasteiger partial charge in [0.25, 0.3) is 0 Å². The molecule has 0 unspecified atom stereocenters. The van der Waals surface area contributed by atoms with Gasteiger partial charge in [-0.1, -0.05) is 140 Å². The number of hydrogen-bond donors (Lipinski definition) is 0. The molecule has 3 heterocycles. The molecule has 0 atom stereocenters. The van der Waals surface area contributed by atoms with Gasteiger partial charge in [-0.15, -0.1) is 0 Å². The zero-order valence-electron chi connectivity index (χ0n) is 27.0. The van der Waals surface area contributed by atoms with Crippen molar-refractivity contribution >= 4 is 43.7 Å². The van der Waals surface area contributed by atoms with E-state index in [1.807, 2.05) is 30.3 Å². The third kappa shape index (κ3) is 4.54. The van der Waals surface area contributed by atoms with Crippen LogP contribution in [0.2, 0.25) is 0 Å². The molecule has 4 heteroatoms. The molecule has 10 aromatic rings.